The maximum atomic E-state index is 12.3. The third kappa shape index (κ3) is 3.29. The Labute approximate surface area is 128 Å². The number of benzene rings is 1. The fourth-order valence-electron chi connectivity index (χ4n) is 2.51. The van der Waals surface area contributed by atoms with Crippen molar-refractivity contribution in [1.82, 2.24) is 4.90 Å². The Morgan fingerprint density at radius 2 is 2.19 bits per heavy atom. The second-order valence-electron chi connectivity index (χ2n) is 5.56. The van der Waals surface area contributed by atoms with Gasteiger partial charge >= 0.3 is 5.97 Å². The zero-order chi connectivity index (χ0) is 15.6. The lowest BCUT2D eigenvalue weighted by Gasteiger charge is -2.20. The van der Waals surface area contributed by atoms with Crippen LogP contribution in [0.1, 0.15) is 18.9 Å². The molecule has 1 atom stereocenters. The van der Waals surface area contributed by atoms with Crippen LogP contribution < -0.4 is 4.74 Å². The molecule has 0 spiro atoms. The molecular weight excluding hydrogens is 294 g/mol. The fourth-order valence-corrected chi connectivity index (χ4v) is 2.70. The van der Waals surface area contributed by atoms with Crippen LogP contribution in [0.4, 0.5) is 0 Å². The molecule has 1 fully saturated rings. The molecule has 1 heterocycles. The molecule has 1 aromatic carbocycles. The highest BCUT2D eigenvalue weighted by atomic mass is 35.5. The van der Waals surface area contributed by atoms with E-state index in [-0.39, 0.29) is 18.9 Å². The Morgan fingerprint density at radius 1 is 1.48 bits per heavy atom. The fraction of sp³-hybridized carbons (Fsp3) is 0.467. The zero-order valence-electron chi connectivity index (χ0n) is 12.1. The van der Waals surface area contributed by atoms with E-state index >= 15 is 0 Å². The summed E-state index contributed by atoms with van der Waals surface area (Å²) in [6.45, 7) is 2.37. The minimum atomic E-state index is -0.863. The smallest absolute Gasteiger partial charge is 0.311 e. The van der Waals surface area contributed by atoms with Crippen molar-refractivity contribution in [1.29, 1.82) is 0 Å². The topological polar surface area (TPSA) is 66.8 Å². The molecule has 0 aliphatic carbocycles. The van der Waals surface area contributed by atoms with E-state index in [9.17, 15) is 14.7 Å². The molecule has 114 valence electrons. The number of methoxy groups -OCH3 is 1. The Morgan fingerprint density at radius 3 is 2.76 bits per heavy atom. The molecule has 0 unspecified atom stereocenters. The van der Waals surface area contributed by atoms with Gasteiger partial charge in [0.25, 0.3) is 0 Å². The molecule has 0 radical (unpaired) electrons. The maximum Gasteiger partial charge on any atom is 0.311 e. The quantitative estimate of drug-likeness (QED) is 0.926. The van der Waals surface area contributed by atoms with Crippen molar-refractivity contribution in [2.75, 3.05) is 20.2 Å². The first-order valence-electron chi connectivity index (χ1n) is 6.69. The normalized spacial score (nSPS) is 21.4. The summed E-state index contributed by atoms with van der Waals surface area (Å²) in [5.74, 6) is -0.369. The van der Waals surface area contributed by atoms with Gasteiger partial charge in [0.15, 0.2) is 0 Å². The highest BCUT2D eigenvalue weighted by Gasteiger charge is 2.42. The first kappa shape index (κ1) is 15.6. The Hall–Kier alpha value is -1.75. The number of hydrogen-bond donors (Lipinski definition) is 1. The van der Waals surface area contributed by atoms with Crippen molar-refractivity contribution >= 4 is 23.5 Å². The number of rotatable bonds is 4. The van der Waals surface area contributed by atoms with E-state index < -0.39 is 11.4 Å². The number of amides is 1. The van der Waals surface area contributed by atoms with E-state index in [1.807, 2.05) is 0 Å². The number of carboxylic acid groups (broad SMARTS) is 1. The molecule has 1 aliphatic heterocycles. The van der Waals surface area contributed by atoms with Crippen LogP contribution in [0, 0.1) is 5.41 Å². The lowest BCUT2D eigenvalue weighted by atomic mass is 9.90. The van der Waals surface area contributed by atoms with Crippen LogP contribution in [-0.2, 0) is 16.0 Å². The summed E-state index contributed by atoms with van der Waals surface area (Å²) in [5, 5.41) is 9.74. The molecule has 1 saturated heterocycles. The van der Waals surface area contributed by atoms with Crippen molar-refractivity contribution in [3.8, 4) is 5.75 Å². The van der Waals surface area contributed by atoms with Crippen LogP contribution in [0.25, 0.3) is 0 Å². The Bertz CT molecular complexity index is 575. The standard InChI is InChI=1S/C15H18ClNO4/c1-15(14(19)20)5-6-17(9-15)13(18)8-10-7-11(16)3-4-12(10)21-2/h3-4,7H,5-6,8-9H2,1-2H3,(H,19,20)/t15-/m0/s1. The average Bonchev–Trinajstić information content (AvgIpc) is 2.83. The first-order valence-corrected chi connectivity index (χ1v) is 7.07. The monoisotopic (exact) mass is 311 g/mol. The van der Waals surface area contributed by atoms with Crippen molar-refractivity contribution < 1.29 is 19.4 Å². The number of aliphatic carboxylic acids is 1. The van der Waals surface area contributed by atoms with Gasteiger partial charge in [0.1, 0.15) is 5.75 Å². The number of halogens is 1. The van der Waals surface area contributed by atoms with Crippen molar-refractivity contribution in [2.45, 2.75) is 19.8 Å². The van der Waals surface area contributed by atoms with Crippen molar-refractivity contribution in [3.63, 3.8) is 0 Å². The number of likely N-dealkylation sites (tertiary alicyclic amines) is 1. The van der Waals surface area contributed by atoms with Gasteiger partial charge in [0.2, 0.25) is 5.91 Å². The van der Waals surface area contributed by atoms with Gasteiger partial charge in [-0.1, -0.05) is 11.6 Å². The molecular formula is C15H18ClNO4. The Kier molecular flexibility index (Phi) is 4.42. The molecule has 2 rings (SSSR count). The third-order valence-electron chi connectivity index (χ3n) is 3.93. The predicted molar refractivity (Wildman–Crippen MR) is 78.6 cm³/mol. The van der Waals surface area contributed by atoms with Crippen molar-refractivity contribution in [3.05, 3.63) is 28.8 Å². The van der Waals surface area contributed by atoms with Crippen LogP contribution in [-0.4, -0.2) is 42.1 Å². The van der Waals surface area contributed by atoms with Crippen LogP contribution >= 0.6 is 11.6 Å². The second-order valence-corrected chi connectivity index (χ2v) is 6.00. The molecule has 0 saturated carbocycles. The van der Waals surface area contributed by atoms with E-state index in [0.29, 0.717) is 29.3 Å². The minimum absolute atomic E-state index is 0.111. The number of carboxylic acids is 1. The van der Waals surface area contributed by atoms with E-state index in [1.165, 1.54) is 7.11 Å². The third-order valence-corrected chi connectivity index (χ3v) is 4.16. The number of carbonyl (C=O) groups excluding carboxylic acids is 1. The number of ether oxygens (including phenoxy) is 1. The lowest BCUT2D eigenvalue weighted by molar-refractivity contribution is -0.147. The number of carbonyl (C=O) groups is 2. The van der Waals surface area contributed by atoms with Crippen LogP contribution in [0.3, 0.4) is 0 Å². The van der Waals surface area contributed by atoms with Gasteiger partial charge in [-0.3, -0.25) is 9.59 Å². The van der Waals surface area contributed by atoms with Crippen molar-refractivity contribution in [2.24, 2.45) is 5.41 Å². The summed E-state index contributed by atoms with van der Waals surface area (Å²) >= 11 is 5.95. The molecule has 1 aromatic rings. The van der Waals surface area contributed by atoms with E-state index in [2.05, 4.69) is 0 Å². The van der Waals surface area contributed by atoms with Gasteiger partial charge in [0, 0.05) is 23.7 Å². The molecule has 21 heavy (non-hydrogen) atoms. The predicted octanol–water partition coefficient (Wildman–Crippen LogP) is 2.21. The van der Waals surface area contributed by atoms with E-state index in [1.54, 1.807) is 30.0 Å². The maximum absolute atomic E-state index is 12.3. The summed E-state index contributed by atoms with van der Waals surface area (Å²) in [7, 11) is 1.54. The number of nitrogens with zero attached hydrogens (tertiary/aromatic N) is 1. The highest BCUT2D eigenvalue weighted by molar-refractivity contribution is 6.30. The number of hydrogen-bond acceptors (Lipinski definition) is 3. The van der Waals surface area contributed by atoms with Gasteiger partial charge in [-0.05, 0) is 31.5 Å². The van der Waals surface area contributed by atoms with Crippen LogP contribution in [0.2, 0.25) is 5.02 Å². The molecule has 0 aromatic heterocycles. The summed E-state index contributed by atoms with van der Waals surface area (Å²) in [4.78, 5) is 25.2. The SMILES string of the molecule is COc1ccc(Cl)cc1CC(=O)N1CC[C@](C)(C(=O)O)C1. The second kappa shape index (κ2) is 5.93. The molecule has 6 heteroatoms. The molecule has 1 amide bonds. The van der Waals surface area contributed by atoms with E-state index in [4.69, 9.17) is 16.3 Å². The van der Waals surface area contributed by atoms with Gasteiger partial charge in [-0.15, -0.1) is 0 Å². The lowest BCUT2D eigenvalue weighted by Crippen LogP contribution is -2.35. The molecule has 5 nitrogen and oxygen atoms in total. The van der Waals surface area contributed by atoms with E-state index in [0.717, 1.165) is 0 Å². The zero-order valence-corrected chi connectivity index (χ0v) is 12.8. The minimum Gasteiger partial charge on any atom is -0.496 e. The van der Waals surface area contributed by atoms with Gasteiger partial charge in [-0.25, -0.2) is 0 Å². The van der Waals surface area contributed by atoms with Gasteiger partial charge < -0.3 is 14.7 Å². The average molecular weight is 312 g/mol. The molecule has 1 aliphatic rings. The van der Waals surface area contributed by atoms with Crippen LogP contribution in [0.5, 0.6) is 5.75 Å². The first-order chi connectivity index (χ1) is 9.85. The largest absolute Gasteiger partial charge is 0.496 e. The summed E-state index contributed by atoms with van der Waals surface area (Å²) in [5.41, 5.74) is -0.146. The van der Waals surface area contributed by atoms with Gasteiger partial charge in [0.05, 0.1) is 18.9 Å². The summed E-state index contributed by atoms with van der Waals surface area (Å²) in [6, 6.07) is 5.12. The van der Waals surface area contributed by atoms with Gasteiger partial charge in [-0.2, -0.15) is 0 Å². The summed E-state index contributed by atoms with van der Waals surface area (Å²) < 4.78 is 5.22. The van der Waals surface area contributed by atoms with Crippen LogP contribution in [0.15, 0.2) is 18.2 Å². The molecule has 0 bridgehead atoms. The highest BCUT2D eigenvalue weighted by Crippen LogP contribution is 2.31. The Balaban J connectivity index is 2.10. The molecule has 1 N–H and O–H groups in total. The summed E-state index contributed by atoms with van der Waals surface area (Å²) in [6.07, 6.45) is 0.625.